The van der Waals surface area contributed by atoms with Crippen molar-refractivity contribution >= 4 is 17.5 Å². The van der Waals surface area contributed by atoms with Crippen LogP contribution < -0.4 is 0 Å². The Morgan fingerprint density at radius 2 is 1.71 bits per heavy atom. The van der Waals surface area contributed by atoms with Gasteiger partial charge in [-0.2, -0.15) is 0 Å². The molecule has 1 aromatic rings. The molecule has 1 aliphatic heterocycles. The molecule has 114 valence electrons. The van der Waals surface area contributed by atoms with Crippen molar-refractivity contribution in [1.82, 2.24) is 4.90 Å². The lowest BCUT2D eigenvalue weighted by Crippen LogP contribution is -2.47. The summed E-state index contributed by atoms with van der Waals surface area (Å²) < 4.78 is 1.96. The lowest BCUT2D eigenvalue weighted by atomic mass is 10.0. The number of carbonyl (C=O) groups is 1. The second kappa shape index (κ2) is 5.17. The topological polar surface area (TPSA) is 43.6 Å². The Morgan fingerprint density at radius 3 is 2.14 bits per heavy atom. The SMILES string of the molecule is Cc1cc(C)c([N+]2=C(C(=O)O)N(C(C)(C)C)CC2)c(C)c1. The third-order valence-electron chi connectivity index (χ3n) is 3.96. The molecule has 1 heterocycles. The van der Waals surface area contributed by atoms with E-state index in [2.05, 4.69) is 32.9 Å². The number of rotatable bonds is 2. The summed E-state index contributed by atoms with van der Waals surface area (Å²) in [5, 5.41) is 9.69. The number of nitrogens with zero attached hydrogens (tertiary/aromatic N) is 2. The summed E-state index contributed by atoms with van der Waals surface area (Å²) in [7, 11) is 0. The van der Waals surface area contributed by atoms with Crippen LogP contribution >= 0.6 is 0 Å². The monoisotopic (exact) mass is 289 g/mol. The number of carboxylic acids is 1. The van der Waals surface area contributed by atoms with Crippen LogP contribution in [-0.2, 0) is 4.79 Å². The van der Waals surface area contributed by atoms with Crippen molar-refractivity contribution in [3.63, 3.8) is 0 Å². The normalized spacial score (nSPS) is 15.8. The summed E-state index contributed by atoms with van der Waals surface area (Å²) >= 11 is 0. The molecule has 4 nitrogen and oxygen atoms in total. The van der Waals surface area contributed by atoms with E-state index in [1.165, 1.54) is 5.56 Å². The first-order valence-corrected chi connectivity index (χ1v) is 7.36. The van der Waals surface area contributed by atoms with E-state index in [0.29, 0.717) is 12.4 Å². The Kier molecular flexibility index (Phi) is 3.83. The molecule has 0 amide bonds. The largest absolute Gasteiger partial charge is 0.472 e. The second-order valence-corrected chi connectivity index (χ2v) is 6.85. The number of hydrogen-bond donors (Lipinski definition) is 1. The molecule has 1 aliphatic rings. The van der Waals surface area contributed by atoms with Crippen LogP contribution in [0.1, 0.15) is 37.5 Å². The summed E-state index contributed by atoms with van der Waals surface area (Å²) in [5.74, 6) is -0.473. The van der Waals surface area contributed by atoms with E-state index in [1.807, 2.05) is 30.2 Å². The summed E-state index contributed by atoms with van der Waals surface area (Å²) in [6.45, 7) is 13.8. The number of amidine groups is 1. The van der Waals surface area contributed by atoms with Gasteiger partial charge in [0.15, 0.2) is 0 Å². The van der Waals surface area contributed by atoms with Gasteiger partial charge in [-0.05, 0) is 52.7 Å². The fourth-order valence-electron chi connectivity index (χ4n) is 3.26. The molecule has 4 heteroatoms. The molecule has 0 unspecified atom stereocenters. The van der Waals surface area contributed by atoms with Crippen molar-refractivity contribution in [2.75, 3.05) is 13.1 Å². The molecule has 0 aromatic heterocycles. The van der Waals surface area contributed by atoms with E-state index in [1.54, 1.807) is 0 Å². The lowest BCUT2D eigenvalue weighted by Gasteiger charge is -2.25. The van der Waals surface area contributed by atoms with Gasteiger partial charge in [0.2, 0.25) is 0 Å². The van der Waals surface area contributed by atoms with Crippen molar-refractivity contribution in [3.05, 3.63) is 28.8 Å². The first kappa shape index (κ1) is 15.5. The van der Waals surface area contributed by atoms with E-state index >= 15 is 0 Å². The standard InChI is InChI=1S/C17H24N2O2/c1-11-9-12(2)14(13(3)10-11)18-7-8-19(17(4,5)6)15(18)16(20)21/h9-10H,7-8H2,1-6H3/p+1. The quantitative estimate of drug-likeness (QED) is 0.851. The highest BCUT2D eigenvalue weighted by atomic mass is 16.4. The van der Waals surface area contributed by atoms with E-state index < -0.39 is 5.97 Å². The van der Waals surface area contributed by atoms with Crippen LogP contribution in [0, 0.1) is 20.8 Å². The van der Waals surface area contributed by atoms with Gasteiger partial charge in [-0.3, -0.25) is 0 Å². The highest BCUT2D eigenvalue weighted by Crippen LogP contribution is 2.29. The molecule has 0 fully saturated rings. The Hall–Kier alpha value is -1.84. The van der Waals surface area contributed by atoms with Crippen LogP contribution in [0.3, 0.4) is 0 Å². The van der Waals surface area contributed by atoms with Crippen LogP contribution in [0.15, 0.2) is 12.1 Å². The zero-order valence-electron chi connectivity index (χ0n) is 13.8. The lowest BCUT2D eigenvalue weighted by molar-refractivity contribution is -0.429. The minimum atomic E-state index is -0.859. The number of benzene rings is 1. The molecule has 0 bridgehead atoms. The van der Waals surface area contributed by atoms with E-state index in [0.717, 1.165) is 23.4 Å². The Labute approximate surface area is 126 Å². The molecule has 0 saturated heterocycles. The van der Waals surface area contributed by atoms with Crippen molar-refractivity contribution < 1.29 is 14.5 Å². The molecule has 0 radical (unpaired) electrons. The molecule has 0 spiro atoms. The average molecular weight is 289 g/mol. The predicted octanol–water partition coefficient (Wildman–Crippen LogP) is 2.85. The Morgan fingerprint density at radius 1 is 1.19 bits per heavy atom. The van der Waals surface area contributed by atoms with Gasteiger partial charge in [-0.25, -0.2) is 14.3 Å². The fourth-order valence-corrected chi connectivity index (χ4v) is 3.26. The van der Waals surface area contributed by atoms with Crippen molar-refractivity contribution in [1.29, 1.82) is 0 Å². The zero-order valence-corrected chi connectivity index (χ0v) is 13.8. The van der Waals surface area contributed by atoms with E-state index in [9.17, 15) is 9.90 Å². The third-order valence-corrected chi connectivity index (χ3v) is 3.96. The summed E-state index contributed by atoms with van der Waals surface area (Å²) in [6, 6.07) is 4.23. The maximum atomic E-state index is 11.8. The number of carboxylic acid groups (broad SMARTS) is 1. The van der Waals surface area contributed by atoms with Crippen LogP contribution in [0.2, 0.25) is 0 Å². The molecule has 0 aliphatic carbocycles. The summed E-state index contributed by atoms with van der Waals surface area (Å²) in [5.41, 5.74) is 4.29. The average Bonchev–Trinajstić information content (AvgIpc) is 2.71. The number of aliphatic carboxylic acids is 1. The first-order valence-electron chi connectivity index (χ1n) is 7.36. The van der Waals surface area contributed by atoms with Crippen molar-refractivity contribution in [3.8, 4) is 0 Å². The molecular weight excluding hydrogens is 264 g/mol. The van der Waals surface area contributed by atoms with Gasteiger partial charge in [0.1, 0.15) is 18.8 Å². The summed E-state index contributed by atoms with van der Waals surface area (Å²) in [4.78, 5) is 13.8. The van der Waals surface area contributed by atoms with Crippen LogP contribution in [0.25, 0.3) is 0 Å². The maximum Gasteiger partial charge on any atom is 0.419 e. The van der Waals surface area contributed by atoms with Gasteiger partial charge >= 0.3 is 11.8 Å². The molecule has 0 saturated carbocycles. The fraction of sp³-hybridized carbons (Fsp3) is 0.529. The number of aryl methyl sites for hydroxylation is 3. The van der Waals surface area contributed by atoms with Crippen molar-refractivity contribution in [2.45, 2.75) is 47.1 Å². The predicted molar refractivity (Wildman–Crippen MR) is 84.5 cm³/mol. The van der Waals surface area contributed by atoms with Crippen LogP contribution in [0.4, 0.5) is 5.69 Å². The highest BCUT2D eigenvalue weighted by Gasteiger charge is 2.44. The van der Waals surface area contributed by atoms with Gasteiger partial charge < -0.3 is 5.11 Å². The molecule has 1 aromatic carbocycles. The molecule has 1 N–H and O–H groups in total. The van der Waals surface area contributed by atoms with Crippen molar-refractivity contribution in [2.24, 2.45) is 0 Å². The Balaban J connectivity index is 2.66. The molecule has 2 rings (SSSR count). The third kappa shape index (κ3) is 2.80. The highest BCUT2D eigenvalue weighted by molar-refractivity contribution is 6.32. The van der Waals surface area contributed by atoms with Gasteiger partial charge in [0.25, 0.3) is 0 Å². The molecular formula is C17H25N2O2+. The first-order chi connectivity index (χ1) is 9.62. The van der Waals surface area contributed by atoms with Gasteiger partial charge in [0, 0.05) is 0 Å². The van der Waals surface area contributed by atoms with Gasteiger partial charge in [-0.15, -0.1) is 0 Å². The van der Waals surface area contributed by atoms with Crippen LogP contribution in [-0.4, -0.2) is 45.0 Å². The van der Waals surface area contributed by atoms with E-state index in [4.69, 9.17) is 0 Å². The van der Waals surface area contributed by atoms with Gasteiger partial charge in [-0.1, -0.05) is 17.7 Å². The van der Waals surface area contributed by atoms with Gasteiger partial charge in [0.05, 0.1) is 5.54 Å². The summed E-state index contributed by atoms with van der Waals surface area (Å²) in [6.07, 6.45) is 0. The zero-order chi connectivity index (χ0) is 15.9. The maximum absolute atomic E-state index is 11.8. The number of hydrogen-bond acceptors (Lipinski definition) is 2. The second-order valence-electron chi connectivity index (χ2n) is 6.85. The van der Waals surface area contributed by atoms with E-state index in [-0.39, 0.29) is 5.54 Å². The van der Waals surface area contributed by atoms with Crippen LogP contribution in [0.5, 0.6) is 0 Å². The molecule has 0 atom stereocenters. The Bertz CT molecular complexity index is 601. The smallest absolute Gasteiger partial charge is 0.419 e. The minimum Gasteiger partial charge on any atom is -0.472 e. The minimum absolute atomic E-state index is 0.199. The molecule has 21 heavy (non-hydrogen) atoms.